The first-order chi connectivity index (χ1) is 14.5. The maximum atomic E-state index is 13.5. The lowest BCUT2D eigenvalue weighted by atomic mass is 10.0. The van der Waals surface area contributed by atoms with Crippen LogP contribution in [0.5, 0.6) is 0 Å². The summed E-state index contributed by atoms with van der Waals surface area (Å²) in [6.45, 7) is 3.04. The Hall–Kier alpha value is -3.35. The van der Waals surface area contributed by atoms with E-state index in [1.807, 2.05) is 24.3 Å². The van der Waals surface area contributed by atoms with E-state index in [-0.39, 0.29) is 24.9 Å². The van der Waals surface area contributed by atoms with E-state index in [9.17, 15) is 14.0 Å². The van der Waals surface area contributed by atoms with Crippen LogP contribution in [0.25, 0.3) is 10.9 Å². The zero-order chi connectivity index (χ0) is 21.1. The molecule has 2 amide bonds. The molecule has 0 radical (unpaired) electrons. The Kier molecular flexibility index (Phi) is 5.70. The number of halogens is 1. The van der Waals surface area contributed by atoms with E-state index < -0.39 is 12.0 Å². The maximum Gasteiger partial charge on any atom is 0.329 e. The highest BCUT2D eigenvalue weighted by atomic mass is 19.1. The van der Waals surface area contributed by atoms with Gasteiger partial charge in [-0.1, -0.05) is 24.3 Å². The molecule has 1 aromatic heterocycles. The molecule has 3 aromatic rings. The summed E-state index contributed by atoms with van der Waals surface area (Å²) in [7, 11) is 0. The first-order valence-electron chi connectivity index (χ1n) is 10.1. The molecule has 30 heavy (non-hydrogen) atoms. The molecule has 156 valence electrons. The number of urea groups is 1. The van der Waals surface area contributed by atoms with Crippen LogP contribution in [0.1, 0.15) is 23.7 Å². The second kappa shape index (κ2) is 8.57. The van der Waals surface area contributed by atoms with Crippen molar-refractivity contribution in [3.63, 3.8) is 0 Å². The van der Waals surface area contributed by atoms with Crippen LogP contribution < -0.4 is 5.32 Å². The number of esters is 1. The number of nitrogens with zero attached hydrogens (tertiary/aromatic N) is 1. The van der Waals surface area contributed by atoms with Gasteiger partial charge in [-0.2, -0.15) is 0 Å². The average Bonchev–Trinajstić information content (AvgIpc) is 3.14. The fourth-order valence-corrected chi connectivity index (χ4v) is 3.83. The molecular weight excluding hydrogens is 385 g/mol. The van der Waals surface area contributed by atoms with Gasteiger partial charge in [0.25, 0.3) is 0 Å². The average molecular weight is 409 g/mol. The normalized spacial score (nSPS) is 14.3. The van der Waals surface area contributed by atoms with E-state index in [1.54, 1.807) is 17.9 Å². The topological polar surface area (TPSA) is 74.4 Å². The van der Waals surface area contributed by atoms with E-state index in [4.69, 9.17) is 4.74 Å². The Bertz CT molecular complexity index is 1080. The van der Waals surface area contributed by atoms with Crippen molar-refractivity contribution in [3.8, 4) is 0 Å². The number of carbonyl (C=O) groups is 2. The fraction of sp³-hybridized carbons (Fsp3) is 0.304. The Labute approximate surface area is 174 Å². The second-order valence-electron chi connectivity index (χ2n) is 7.42. The maximum absolute atomic E-state index is 13.5. The first-order valence-corrected chi connectivity index (χ1v) is 10.1. The SMILES string of the molecule is CCOC(=O)[C@@H](Cc1cc2ccc(F)cc2[nH]1)NC(=O)N1CCc2ccccc2C1. The van der Waals surface area contributed by atoms with Gasteiger partial charge in [0.05, 0.1) is 6.61 Å². The first kappa shape index (κ1) is 19.9. The third kappa shape index (κ3) is 4.30. The zero-order valence-corrected chi connectivity index (χ0v) is 16.8. The number of H-pyrrole nitrogens is 1. The standard InChI is InChI=1S/C23H24FN3O3/c1-2-30-22(28)21(13-19-11-16-7-8-18(24)12-20(16)25-19)26-23(29)27-10-9-15-5-3-4-6-17(15)14-27/h3-8,11-12,21,25H,2,9-10,13-14H2,1H3,(H,26,29)/t21-/m1/s1. The number of amides is 2. The van der Waals surface area contributed by atoms with Crippen molar-refractivity contribution in [2.24, 2.45) is 0 Å². The number of carbonyl (C=O) groups excluding carboxylic acids is 2. The molecule has 2 heterocycles. The largest absolute Gasteiger partial charge is 0.464 e. The number of ether oxygens (including phenoxy) is 1. The molecular formula is C23H24FN3O3. The Morgan fingerprint density at radius 2 is 2.00 bits per heavy atom. The fourth-order valence-electron chi connectivity index (χ4n) is 3.83. The number of hydrogen-bond acceptors (Lipinski definition) is 3. The Morgan fingerprint density at radius 3 is 2.80 bits per heavy atom. The monoisotopic (exact) mass is 409 g/mol. The number of nitrogens with one attached hydrogen (secondary N) is 2. The number of aromatic nitrogens is 1. The van der Waals surface area contributed by atoms with Crippen molar-refractivity contribution in [2.75, 3.05) is 13.2 Å². The minimum atomic E-state index is -0.840. The third-order valence-electron chi connectivity index (χ3n) is 5.35. The summed E-state index contributed by atoms with van der Waals surface area (Å²) >= 11 is 0. The van der Waals surface area contributed by atoms with Crippen molar-refractivity contribution < 1.29 is 18.7 Å². The van der Waals surface area contributed by atoms with Crippen LogP contribution in [0.4, 0.5) is 9.18 Å². The number of fused-ring (bicyclic) bond motifs is 2. The van der Waals surface area contributed by atoms with Gasteiger partial charge in [0.2, 0.25) is 0 Å². The molecule has 0 saturated carbocycles. The molecule has 0 aliphatic carbocycles. The lowest BCUT2D eigenvalue weighted by Crippen LogP contribution is -2.50. The minimum absolute atomic E-state index is 0.222. The van der Waals surface area contributed by atoms with Gasteiger partial charge in [-0.15, -0.1) is 0 Å². The quantitative estimate of drug-likeness (QED) is 0.633. The molecule has 0 saturated heterocycles. The predicted molar refractivity (Wildman–Crippen MR) is 111 cm³/mol. The van der Waals surface area contributed by atoms with Crippen LogP contribution in [0.2, 0.25) is 0 Å². The summed E-state index contributed by atoms with van der Waals surface area (Å²) in [6, 6.07) is 13.2. The summed E-state index contributed by atoms with van der Waals surface area (Å²) in [5.41, 5.74) is 3.72. The lowest BCUT2D eigenvalue weighted by Gasteiger charge is -2.30. The van der Waals surface area contributed by atoms with Gasteiger partial charge in [-0.05, 0) is 54.1 Å². The lowest BCUT2D eigenvalue weighted by molar-refractivity contribution is -0.145. The molecule has 0 spiro atoms. The summed E-state index contributed by atoms with van der Waals surface area (Å²) in [5, 5.41) is 3.67. The molecule has 2 N–H and O–H groups in total. The number of aromatic amines is 1. The van der Waals surface area contributed by atoms with E-state index >= 15 is 0 Å². The Morgan fingerprint density at radius 1 is 1.20 bits per heavy atom. The van der Waals surface area contributed by atoms with Crippen LogP contribution in [0.3, 0.4) is 0 Å². The molecule has 6 nitrogen and oxygen atoms in total. The highest BCUT2D eigenvalue weighted by Crippen LogP contribution is 2.20. The summed E-state index contributed by atoms with van der Waals surface area (Å²) in [4.78, 5) is 30.2. The van der Waals surface area contributed by atoms with Crippen molar-refractivity contribution in [3.05, 3.63) is 71.2 Å². The molecule has 0 fully saturated rings. The van der Waals surface area contributed by atoms with Gasteiger partial charge in [-0.25, -0.2) is 14.0 Å². The summed E-state index contributed by atoms with van der Waals surface area (Å²) in [6.07, 6.45) is 1.01. The van der Waals surface area contributed by atoms with Crippen LogP contribution in [0, 0.1) is 5.82 Å². The van der Waals surface area contributed by atoms with Crippen molar-refractivity contribution in [1.29, 1.82) is 0 Å². The number of rotatable bonds is 5. The van der Waals surface area contributed by atoms with Gasteiger partial charge in [-0.3, -0.25) is 0 Å². The summed E-state index contributed by atoms with van der Waals surface area (Å²) in [5.74, 6) is -0.829. The van der Waals surface area contributed by atoms with Crippen molar-refractivity contribution in [2.45, 2.75) is 32.4 Å². The van der Waals surface area contributed by atoms with Gasteiger partial charge in [0, 0.05) is 30.7 Å². The van der Waals surface area contributed by atoms with Crippen LogP contribution in [0.15, 0.2) is 48.5 Å². The minimum Gasteiger partial charge on any atom is -0.464 e. The molecule has 1 aliphatic rings. The van der Waals surface area contributed by atoms with Gasteiger partial charge in [0.15, 0.2) is 0 Å². The molecule has 0 unspecified atom stereocenters. The van der Waals surface area contributed by atoms with E-state index in [1.165, 1.54) is 17.7 Å². The molecule has 2 aromatic carbocycles. The van der Waals surface area contributed by atoms with Crippen molar-refractivity contribution >= 4 is 22.9 Å². The molecule has 7 heteroatoms. The van der Waals surface area contributed by atoms with Gasteiger partial charge in [0.1, 0.15) is 11.9 Å². The highest BCUT2D eigenvalue weighted by molar-refractivity contribution is 5.85. The smallest absolute Gasteiger partial charge is 0.329 e. The third-order valence-corrected chi connectivity index (χ3v) is 5.35. The molecule has 0 bridgehead atoms. The predicted octanol–water partition coefficient (Wildman–Crippen LogP) is 3.55. The number of hydrogen-bond donors (Lipinski definition) is 2. The second-order valence-corrected chi connectivity index (χ2v) is 7.42. The van der Waals surface area contributed by atoms with Gasteiger partial charge < -0.3 is 19.9 Å². The van der Waals surface area contributed by atoms with E-state index in [0.717, 1.165) is 23.1 Å². The molecule has 1 atom stereocenters. The molecule has 1 aliphatic heterocycles. The van der Waals surface area contributed by atoms with Crippen molar-refractivity contribution in [1.82, 2.24) is 15.2 Å². The highest BCUT2D eigenvalue weighted by Gasteiger charge is 2.27. The zero-order valence-electron chi connectivity index (χ0n) is 16.8. The van der Waals surface area contributed by atoms with Crippen LogP contribution in [-0.2, 0) is 28.9 Å². The van der Waals surface area contributed by atoms with E-state index in [2.05, 4.69) is 16.4 Å². The van der Waals surface area contributed by atoms with Gasteiger partial charge >= 0.3 is 12.0 Å². The number of benzene rings is 2. The Balaban J connectivity index is 1.49. The summed E-state index contributed by atoms with van der Waals surface area (Å²) < 4.78 is 18.6. The van der Waals surface area contributed by atoms with E-state index in [0.29, 0.717) is 18.6 Å². The van der Waals surface area contributed by atoms with Crippen LogP contribution in [-0.4, -0.2) is 41.1 Å². The van der Waals surface area contributed by atoms with Crippen LogP contribution >= 0.6 is 0 Å². The molecule has 4 rings (SSSR count).